The monoisotopic (exact) mass is 234 g/mol. The Hall–Kier alpha value is -1.56. The van der Waals surface area contributed by atoms with Crippen LogP contribution in [0.3, 0.4) is 0 Å². The standard InChI is InChI=1S/C14H19FN2/c1-3-4-5-9-14(2,11-16)17-13-8-6-7-12(15)10-13/h6-8,10,17H,3-5,9H2,1-2H3. The summed E-state index contributed by atoms with van der Waals surface area (Å²) < 4.78 is 13.0. The first-order valence-corrected chi connectivity index (χ1v) is 6.04. The Morgan fingerprint density at radius 1 is 1.41 bits per heavy atom. The second-order valence-electron chi connectivity index (χ2n) is 4.54. The lowest BCUT2D eigenvalue weighted by molar-refractivity contribution is 0.537. The summed E-state index contributed by atoms with van der Waals surface area (Å²) in [6.45, 7) is 3.98. The van der Waals surface area contributed by atoms with Crippen molar-refractivity contribution in [1.82, 2.24) is 0 Å². The van der Waals surface area contributed by atoms with Gasteiger partial charge in [0, 0.05) is 5.69 Å². The lowest BCUT2D eigenvalue weighted by Gasteiger charge is -2.24. The number of rotatable bonds is 6. The summed E-state index contributed by atoms with van der Waals surface area (Å²) in [6.07, 6.45) is 4.01. The van der Waals surface area contributed by atoms with Crippen LogP contribution in [0.25, 0.3) is 0 Å². The van der Waals surface area contributed by atoms with E-state index >= 15 is 0 Å². The highest BCUT2D eigenvalue weighted by atomic mass is 19.1. The molecule has 1 rings (SSSR count). The van der Waals surface area contributed by atoms with E-state index in [0.717, 1.165) is 25.7 Å². The smallest absolute Gasteiger partial charge is 0.125 e. The summed E-state index contributed by atoms with van der Waals surface area (Å²) in [5, 5.41) is 12.3. The van der Waals surface area contributed by atoms with Gasteiger partial charge in [0.2, 0.25) is 0 Å². The van der Waals surface area contributed by atoms with Crippen LogP contribution in [0.2, 0.25) is 0 Å². The average molecular weight is 234 g/mol. The van der Waals surface area contributed by atoms with Gasteiger partial charge in [0.25, 0.3) is 0 Å². The van der Waals surface area contributed by atoms with E-state index in [2.05, 4.69) is 18.3 Å². The predicted molar refractivity (Wildman–Crippen MR) is 68.2 cm³/mol. The molecule has 0 aromatic heterocycles. The van der Waals surface area contributed by atoms with E-state index in [0.29, 0.717) is 5.69 Å². The van der Waals surface area contributed by atoms with Gasteiger partial charge in [-0.2, -0.15) is 5.26 Å². The zero-order valence-corrected chi connectivity index (χ0v) is 10.5. The molecule has 0 saturated carbocycles. The van der Waals surface area contributed by atoms with Crippen LogP contribution in [-0.4, -0.2) is 5.54 Å². The molecule has 3 heteroatoms. The maximum atomic E-state index is 13.0. The van der Waals surface area contributed by atoms with Gasteiger partial charge in [-0.05, 0) is 31.5 Å². The number of unbranched alkanes of at least 4 members (excludes halogenated alkanes) is 2. The average Bonchev–Trinajstić information content (AvgIpc) is 2.29. The van der Waals surface area contributed by atoms with Gasteiger partial charge in [-0.15, -0.1) is 0 Å². The van der Waals surface area contributed by atoms with Crippen LogP contribution in [0.15, 0.2) is 24.3 Å². The molecule has 0 fully saturated rings. The van der Waals surface area contributed by atoms with Gasteiger partial charge in [-0.3, -0.25) is 0 Å². The molecule has 92 valence electrons. The fourth-order valence-electron chi connectivity index (χ4n) is 1.76. The Morgan fingerprint density at radius 3 is 2.76 bits per heavy atom. The van der Waals surface area contributed by atoms with Crippen molar-refractivity contribution < 1.29 is 4.39 Å². The largest absolute Gasteiger partial charge is 0.368 e. The Labute approximate surface area is 102 Å². The summed E-state index contributed by atoms with van der Waals surface area (Å²) in [7, 11) is 0. The van der Waals surface area contributed by atoms with Gasteiger partial charge in [0.1, 0.15) is 11.4 Å². The minimum absolute atomic E-state index is 0.288. The molecule has 0 radical (unpaired) electrons. The summed E-state index contributed by atoms with van der Waals surface area (Å²) in [6, 6.07) is 8.50. The van der Waals surface area contributed by atoms with E-state index in [1.165, 1.54) is 12.1 Å². The fraction of sp³-hybridized carbons (Fsp3) is 0.500. The maximum absolute atomic E-state index is 13.0. The van der Waals surface area contributed by atoms with Crippen LogP contribution in [0.4, 0.5) is 10.1 Å². The highest BCUT2D eigenvalue weighted by Gasteiger charge is 2.22. The second-order valence-corrected chi connectivity index (χ2v) is 4.54. The Morgan fingerprint density at radius 2 is 2.18 bits per heavy atom. The van der Waals surface area contributed by atoms with E-state index < -0.39 is 5.54 Å². The van der Waals surface area contributed by atoms with Crippen molar-refractivity contribution in [2.24, 2.45) is 0 Å². The van der Waals surface area contributed by atoms with Crippen LogP contribution >= 0.6 is 0 Å². The third kappa shape index (κ3) is 4.44. The van der Waals surface area contributed by atoms with Crippen molar-refractivity contribution in [3.8, 4) is 6.07 Å². The summed E-state index contributed by atoms with van der Waals surface area (Å²) >= 11 is 0. The SMILES string of the molecule is CCCCCC(C)(C#N)Nc1cccc(F)c1. The van der Waals surface area contributed by atoms with Gasteiger partial charge < -0.3 is 5.32 Å². The third-order valence-electron chi connectivity index (χ3n) is 2.77. The van der Waals surface area contributed by atoms with E-state index in [9.17, 15) is 9.65 Å². The number of benzene rings is 1. The topological polar surface area (TPSA) is 35.8 Å². The van der Waals surface area contributed by atoms with Crippen molar-refractivity contribution in [3.63, 3.8) is 0 Å². The van der Waals surface area contributed by atoms with Crippen LogP contribution in [-0.2, 0) is 0 Å². The van der Waals surface area contributed by atoms with E-state index in [1.807, 2.05) is 6.92 Å². The van der Waals surface area contributed by atoms with Gasteiger partial charge in [-0.25, -0.2) is 4.39 Å². The minimum atomic E-state index is -0.622. The summed E-state index contributed by atoms with van der Waals surface area (Å²) in [5.41, 5.74) is 0.0359. The normalized spacial score (nSPS) is 13.8. The van der Waals surface area contributed by atoms with Crippen molar-refractivity contribution in [2.75, 3.05) is 5.32 Å². The zero-order chi connectivity index (χ0) is 12.7. The Bertz CT molecular complexity index is 397. The quantitative estimate of drug-likeness (QED) is 0.752. The molecule has 0 aliphatic heterocycles. The molecule has 0 heterocycles. The molecule has 17 heavy (non-hydrogen) atoms. The zero-order valence-electron chi connectivity index (χ0n) is 10.5. The number of nitrogens with zero attached hydrogens (tertiary/aromatic N) is 1. The first-order chi connectivity index (χ1) is 8.09. The molecule has 0 aliphatic carbocycles. The minimum Gasteiger partial charge on any atom is -0.368 e. The van der Waals surface area contributed by atoms with Gasteiger partial charge in [-0.1, -0.05) is 32.3 Å². The van der Waals surface area contributed by atoms with Gasteiger partial charge in [0.15, 0.2) is 0 Å². The van der Waals surface area contributed by atoms with E-state index in [1.54, 1.807) is 12.1 Å². The Kier molecular flexibility index (Phi) is 4.96. The molecule has 1 N–H and O–H groups in total. The second kappa shape index (κ2) is 6.24. The lowest BCUT2D eigenvalue weighted by Crippen LogP contribution is -2.32. The molecule has 0 saturated heterocycles. The van der Waals surface area contributed by atoms with Crippen molar-refractivity contribution in [3.05, 3.63) is 30.1 Å². The molecule has 0 aliphatic rings. The molecule has 1 unspecified atom stereocenters. The molecule has 0 amide bonds. The number of anilines is 1. The van der Waals surface area contributed by atoms with Gasteiger partial charge >= 0.3 is 0 Å². The number of nitriles is 1. The van der Waals surface area contributed by atoms with Gasteiger partial charge in [0.05, 0.1) is 6.07 Å². The van der Waals surface area contributed by atoms with Crippen molar-refractivity contribution >= 4 is 5.69 Å². The molecule has 1 aromatic rings. The Balaban J connectivity index is 2.65. The van der Waals surface area contributed by atoms with Crippen molar-refractivity contribution in [2.45, 2.75) is 45.1 Å². The first kappa shape index (κ1) is 13.5. The van der Waals surface area contributed by atoms with Crippen LogP contribution in [0, 0.1) is 17.1 Å². The van der Waals surface area contributed by atoms with E-state index in [-0.39, 0.29) is 5.82 Å². The molecular weight excluding hydrogens is 215 g/mol. The lowest BCUT2D eigenvalue weighted by atomic mass is 9.95. The summed E-state index contributed by atoms with van der Waals surface area (Å²) in [5.74, 6) is -0.288. The number of halogens is 1. The fourth-order valence-corrected chi connectivity index (χ4v) is 1.76. The highest BCUT2D eigenvalue weighted by molar-refractivity contribution is 5.47. The molecule has 1 atom stereocenters. The molecule has 2 nitrogen and oxygen atoms in total. The van der Waals surface area contributed by atoms with Crippen LogP contribution in [0.1, 0.15) is 39.5 Å². The molecular formula is C14H19FN2. The molecule has 0 spiro atoms. The third-order valence-corrected chi connectivity index (χ3v) is 2.77. The number of nitrogens with one attached hydrogen (secondary N) is 1. The van der Waals surface area contributed by atoms with Crippen LogP contribution in [0.5, 0.6) is 0 Å². The highest BCUT2D eigenvalue weighted by Crippen LogP contribution is 2.21. The number of hydrogen-bond donors (Lipinski definition) is 1. The predicted octanol–water partition coefficient (Wildman–Crippen LogP) is 4.10. The number of hydrogen-bond acceptors (Lipinski definition) is 2. The maximum Gasteiger partial charge on any atom is 0.125 e. The van der Waals surface area contributed by atoms with E-state index in [4.69, 9.17) is 0 Å². The van der Waals surface area contributed by atoms with Crippen molar-refractivity contribution in [1.29, 1.82) is 5.26 Å². The molecule has 1 aromatic carbocycles. The first-order valence-electron chi connectivity index (χ1n) is 6.04. The summed E-state index contributed by atoms with van der Waals surface area (Å²) in [4.78, 5) is 0. The molecule has 0 bridgehead atoms. The van der Waals surface area contributed by atoms with Crippen LogP contribution < -0.4 is 5.32 Å².